The number of allylic oxidation sites excluding steroid dienone is 1. The van der Waals surface area contributed by atoms with Gasteiger partial charge in [0.2, 0.25) is 5.15 Å². The van der Waals surface area contributed by atoms with E-state index in [0.29, 0.717) is 10.4 Å². The Morgan fingerprint density at radius 3 is 2.77 bits per heavy atom. The molecule has 4 heteroatoms. The van der Waals surface area contributed by atoms with Crippen molar-refractivity contribution in [1.82, 2.24) is 4.98 Å². The Morgan fingerprint density at radius 2 is 2.31 bits per heavy atom. The Balaban J connectivity index is 3.27. The van der Waals surface area contributed by atoms with Crippen LogP contribution in [-0.4, -0.2) is 16.8 Å². The molecule has 0 N–H and O–H groups in total. The van der Waals surface area contributed by atoms with Gasteiger partial charge in [0.1, 0.15) is 0 Å². The zero-order valence-corrected chi connectivity index (χ0v) is 8.30. The molecule has 1 aromatic heterocycles. The number of halogens is 1. The molecule has 0 saturated carbocycles. The molecule has 1 aromatic rings. The third-order valence-electron chi connectivity index (χ3n) is 1.65. The van der Waals surface area contributed by atoms with Gasteiger partial charge in [0, 0.05) is 27.5 Å². The fraction of sp³-hybridized carbons (Fsp3) is 0.222. The Hall–Kier alpha value is -1.22. The second-order valence-electron chi connectivity index (χ2n) is 2.81. The van der Waals surface area contributed by atoms with Gasteiger partial charge in [0.05, 0.1) is 0 Å². The van der Waals surface area contributed by atoms with Gasteiger partial charge in [-0.15, -0.1) is 0 Å². The molecule has 68 valence electrons. The van der Waals surface area contributed by atoms with Gasteiger partial charge in [-0.2, -0.15) is 0 Å². The van der Waals surface area contributed by atoms with Crippen LogP contribution in [0.25, 0.3) is 5.57 Å². The van der Waals surface area contributed by atoms with Gasteiger partial charge >= 0.3 is 0 Å². The SMILES string of the molecule is C=C(C)c1cnc(Cl)c([N+](C)=O)c1. The normalized spacial score (nSPS) is 9.77. The Kier molecular flexibility index (Phi) is 2.78. The molecule has 0 atom stereocenters. The highest BCUT2D eigenvalue weighted by Gasteiger charge is 2.14. The summed E-state index contributed by atoms with van der Waals surface area (Å²) in [6.07, 6.45) is 1.59. The van der Waals surface area contributed by atoms with Gasteiger partial charge in [-0.25, -0.2) is 4.98 Å². The first-order valence-electron chi connectivity index (χ1n) is 3.74. The molecular formula is C9H10ClN2O+. The van der Waals surface area contributed by atoms with Crippen LogP contribution in [0.5, 0.6) is 0 Å². The summed E-state index contributed by atoms with van der Waals surface area (Å²) in [5, 5.41) is 0.211. The van der Waals surface area contributed by atoms with Crippen molar-refractivity contribution in [2.45, 2.75) is 6.92 Å². The van der Waals surface area contributed by atoms with Gasteiger partial charge in [-0.05, 0) is 12.5 Å². The lowest BCUT2D eigenvalue weighted by atomic mass is 10.1. The van der Waals surface area contributed by atoms with E-state index >= 15 is 0 Å². The third-order valence-corrected chi connectivity index (χ3v) is 1.94. The molecule has 0 amide bonds. The maximum absolute atomic E-state index is 11.0. The molecule has 3 nitrogen and oxygen atoms in total. The van der Waals surface area contributed by atoms with Crippen LogP contribution in [0, 0.1) is 4.91 Å². The van der Waals surface area contributed by atoms with Crippen molar-refractivity contribution in [1.29, 1.82) is 0 Å². The van der Waals surface area contributed by atoms with E-state index in [1.807, 2.05) is 6.92 Å². The van der Waals surface area contributed by atoms with Gasteiger partial charge in [0.15, 0.2) is 7.05 Å². The molecule has 0 fully saturated rings. The summed E-state index contributed by atoms with van der Waals surface area (Å²) in [5.41, 5.74) is 2.04. The van der Waals surface area contributed by atoms with E-state index in [4.69, 9.17) is 11.6 Å². The van der Waals surface area contributed by atoms with Crippen molar-refractivity contribution in [3.8, 4) is 0 Å². The van der Waals surface area contributed by atoms with Crippen molar-refractivity contribution >= 4 is 22.9 Å². The van der Waals surface area contributed by atoms with Gasteiger partial charge in [-0.3, -0.25) is 0 Å². The molecule has 0 bridgehead atoms. The molecule has 13 heavy (non-hydrogen) atoms. The minimum Gasteiger partial charge on any atom is -0.238 e. The van der Waals surface area contributed by atoms with Crippen molar-refractivity contribution in [2.75, 3.05) is 7.05 Å². The molecule has 0 radical (unpaired) electrons. The summed E-state index contributed by atoms with van der Waals surface area (Å²) in [6, 6.07) is 1.67. The lowest BCUT2D eigenvalue weighted by molar-refractivity contribution is -0.428. The van der Waals surface area contributed by atoms with E-state index in [0.717, 1.165) is 11.1 Å². The Labute approximate surface area is 81.6 Å². The molecule has 1 rings (SSSR count). The zero-order chi connectivity index (χ0) is 10.0. The molecule has 1 heterocycles. The smallest absolute Gasteiger partial charge is 0.238 e. The summed E-state index contributed by atoms with van der Waals surface area (Å²) < 4.78 is 0.682. The van der Waals surface area contributed by atoms with Gasteiger partial charge in [-0.1, -0.05) is 18.2 Å². The van der Waals surface area contributed by atoms with Crippen molar-refractivity contribution in [2.24, 2.45) is 0 Å². The van der Waals surface area contributed by atoms with Crippen LogP contribution in [0.2, 0.25) is 5.15 Å². The number of rotatable bonds is 2. The molecular weight excluding hydrogens is 188 g/mol. The summed E-state index contributed by atoms with van der Waals surface area (Å²) >= 11 is 5.71. The highest BCUT2D eigenvalue weighted by molar-refractivity contribution is 6.31. The number of nitroso groups, excluding NO2 is 1. The molecule has 0 aliphatic heterocycles. The van der Waals surface area contributed by atoms with E-state index in [1.54, 1.807) is 12.3 Å². The lowest BCUT2D eigenvalue weighted by Crippen LogP contribution is -1.94. The lowest BCUT2D eigenvalue weighted by Gasteiger charge is -1.98. The molecule has 0 aliphatic carbocycles. The van der Waals surface area contributed by atoms with Gasteiger partial charge < -0.3 is 0 Å². The number of pyridine rings is 1. The maximum atomic E-state index is 11.0. The van der Waals surface area contributed by atoms with Gasteiger partial charge in [0.25, 0.3) is 5.69 Å². The minimum absolute atomic E-state index is 0.211. The van der Waals surface area contributed by atoms with Crippen molar-refractivity contribution in [3.05, 3.63) is 34.5 Å². The van der Waals surface area contributed by atoms with Crippen LogP contribution in [0.4, 0.5) is 5.69 Å². The first-order chi connectivity index (χ1) is 6.02. The second-order valence-corrected chi connectivity index (χ2v) is 3.17. The quantitative estimate of drug-likeness (QED) is 0.540. The van der Waals surface area contributed by atoms with E-state index in [9.17, 15) is 4.91 Å². The minimum atomic E-state index is 0.211. The second kappa shape index (κ2) is 3.66. The van der Waals surface area contributed by atoms with E-state index in [1.165, 1.54) is 7.05 Å². The molecule has 0 unspecified atom stereocenters. The van der Waals surface area contributed by atoms with Crippen LogP contribution in [0.15, 0.2) is 18.8 Å². The number of aromatic nitrogens is 1. The number of hydrogen-bond acceptors (Lipinski definition) is 2. The zero-order valence-electron chi connectivity index (χ0n) is 7.54. The monoisotopic (exact) mass is 197 g/mol. The fourth-order valence-electron chi connectivity index (χ4n) is 0.891. The standard InChI is InChI=1S/C9H10ClN2O/c1-6(2)7-4-8(12(3)13)9(10)11-5-7/h4-5H,1H2,2-3H3/q+1. The highest BCUT2D eigenvalue weighted by atomic mass is 35.5. The van der Waals surface area contributed by atoms with Crippen LogP contribution in [0.3, 0.4) is 0 Å². The van der Waals surface area contributed by atoms with Crippen LogP contribution >= 0.6 is 11.6 Å². The van der Waals surface area contributed by atoms with Crippen LogP contribution in [-0.2, 0) is 0 Å². The molecule has 0 saturated heterocycles. The summed E-state index contributed by atoms with van der Waals surface area (Å²) in [6.45, 7) is 5.60. The van der Waals surface area contributed by atoms with E-state index in [2.05, 4.69) is 11.6 Å². The molecule has 0 aliphatic rings. The molecule has 0 aromatic carbocycles. The number of nitrogens with zero attached hydrogens (tertiary/aromatic N) is 2. The summed E-state index contributed by atoms with van der Waals surface area (Å²) in [4.78, 5) is 14.9. The maximum Gasteiger partial charge on any atom is 0.293 e. The van der Waals surface area contributed by atoms with Crippen LogP contribution < -0.4 is 0 Å². The first kappa shape index (κ1) is 9.86. The predicted molar refractivity (Wildman–Crippen MR) is 53.2 cm³/mol. The Bertz CT molecular complexity index is 374. The van der Waals surface area contributed by atoms with E-state index in [-0.39, 0.29) is 5.15 Å². The number of hydrogen-bond donors (Lipinski definition) is 0. The van der Waals surface area contributed by atoms with Crippen LogP contribution in [0.1, 0.15) is 12.5 Å². The predicted octanol–water partition coefficient (Wildman–Crippen LogP) is 2.81. The highest BCUT2D eigenvalue weighted by Crippen LogP contribution is 2.24. The van der Waals surface area contributed by atoms with Crippen molar-refractivity contribution in [3.63, 3.8) is 0 Å². The largest absolute Gasteiger partial charge is 0.293 e. The third kappa shape index (κ3) is 2.12. The average Bonchev–Trinajstić information content (AvgIpc) is 2.04. The van der Waals surface area contributed by atoms with E-state index < -0.39 is 0 Å². The first-order valence-corrected chi connectivity index (χ1v) is 4.12. The fourth-order valence-corrected chi connectivity index (χ4v) is 1.11. The topological polar surface area (TPSA) is 33.0 Å². The summed E-state index contributed by atoms with van der Waals surface area (Å²) in [5.74, 6) is 0. The Morgan fingerprint density at radius 1 is 1.69 bits per heavy atom. The van der Waals surface area contributed by atoms with Crippen molar-refractivity contribution < 1.29 is 4.76 Å². The average molecular weight is 198 g/mol. The molecule has 0 spiro atoms. The summed E-state index contributed by atoms with van der Waals surface area (Å²) in [7, 11) is 1.38.